The number of anilines is 1. The van der Waals surface area contributed by atoms with Crippen LogP contribution in [0.3, 0.4) is 0 Å². The summed E-state index contributed by atoms with van der Waals surface area (Å²) < 4.78 is 15.6. The molecule has 9 heteroatoms. The monoisotopic (exact) mass is 376 g/mol. The Hall–Kier alpha value is -2.32. The van der Waals surface area contributed by atoms with E-state index in [2.05, 4.69) is 25.2 Å². The van der Waals surface area contributed by atoms with E-state index in [0.29, 0.717) is 27.7 Å². The molecule has 7 nitrogen and oxygen atoms in total. The van der Waals surface area contributed by atoms with Crippen molar-refractivity contribution in [2.45, 2.75) is 19.4 Å². The van der Waals surface area contributed by atoms with Crippen LogP contribution >= 0.6 is 11.6 Å². The van der Waals surface area contributed by atoms with Crippen LogP contribution in [0.25, 0.3) is 11.2 Å². The van der Waals surface area contributed by atoms with E-state index < -0.39 is 0 Å². The number of aromatic nitrogens is 5. The van der Waals surface area contributed by atoms with Gasteiger partial charge in [0.2, 0.25) is 0 Å². The Morgan fingerprint density at radius 1 is 1.23 bits per heavy atom. The molecule has 1 saturated heterocycles. The zero-order valence-electron chi connectivity index (χ0n) is 14.0. The Kier molecular flexibility index (Phi) is 4.69. The van der Waals surface area contributed by atoms with Crippen LogP contribution in [0.5, 0.6) is 0 Å². The number of hydrogen-bond acceptors (Lipinski definition) is 6. The second-order valence-corrected chi connectivity index (χ2v) is 6.84. The van der Waals surface area contributed by atoms with Gasteiger partial charge in [0.15, 0.2) is 17.0 Å². The summed E-state index contributed by atoms with van der Waals surface area (Å²) in [5.74, 6) is 0.668. The summed E-state index contributed by atoms with van der Waals surface area (Å²) in [5.41, 5.74) is 1.48. The molecule has 1 aliphatic rings. The molecule has 1 aromatic carbocycles. The Labute approximate surface area is 154 Å². The van der Waals surface area contributed by atoms with Gasteiger partial charge in [-0.05, 0) is 30.9 Å². The van der Waals surface area contributed by atoms with E-state index in [0.717, 1.165) is 31.7 Å². The van der Waals surface area contributed by atoms with Crippen LogP contribution < -0.4 is 4.90 Å². The quantitative estimate of drug-likeness (QED) is 0.752. The third-order valence-corrected chi connectivity index (χ3v) is 5.18. The minimum Gasteiger partial charge on any atom is -0.396 e. The highest BCUT2D eigenvalue weighted by atomic mass is 35.5. The van der Waals surface area contributed by atoms with E-state index in [-0.39, 0.29) is 19.0 Å². The number of halogens is 2. The lowest BCUT2D eigenvalue weighted by Crippen LogP contribution is -2.35. The first-order chi connectivity index (χ1) is 12.7. The summed E-state index contributed by atoms with van der Waals surface area (Å²) >= 11 is 6.12. The molecule has 3 heterocycles. The van der Waals surface area contributed by atoms with Crippen LogP contribution in [0, 0.1) is 11.7 Å². The maximum Gasteiger partial charge on any atom is 0.184 e. The molecule has 0 radical (unpaired) electrons. The average Bonchev–Trinajstić information content (AvgIpc) is 3.08. The van der Waals surface area contributed by atoms with Crippen molar-refractivity contribution < 1.29 is 9.50 Å². The topological polar surface area (TPSA) is 80.0 Å². The third kappa shape index (κ3) is 3.10. The lowest BCUT2D eigenvalue weighted by atomic mass is 9.98. The van der Waals surface area contributed by atoms with Gasteiger partial charge in [-0.15, -0.1) is 5.10 Å². The Morgan fingerprint density at radius 3 is 2.77 bits per heavy atom. The fourth-order valence-corrected chi connectivity index (χ4v) is 3.50. The predicted molar refractivity (Wildman–Crippen MR) is 95.7 cm³/mol. The highest BCUT2D eigenvalue weighted by Crippen LogP contribution is 2.27. The molecule has 0 saturated carbocycles. The van der Waals surface area contributed by atoms with E-state index >= 15 is 0 Å². The predicted octanol–water partition coefficient (Wildman–Crippen LogP) is 2.27. The van der Waals surface area contributed by atoms with Crippen LogP contribution in [0.2, 0.25) is 5.02 Å². The minimum absolute atomic E-state index is 0.144. The molecule has 0 amide bonds. The smallest absolute Gasteiger partial charge is 0.184 e. The maximum atomic E-state index is 14.1. The van der Waals surface area contributed by atoms with Crippen molar-refractivity contribution >= 4 is 28.6 Å². The number of hydrogen-bond donors (Lipinski definition) is 1. The van der Waals surface area contributed by atoms with Gasteiger partial charge in [-0.2, -0.15) is 0 Å². The molecule has 1 N–H and O–H groups in total. The Balaban J connectivity index is 1.65. The molecule has 26 heavy (non-hydrogen) atoms. The van der Waals surface area contributed by atoms with Gasteiger partial charge in [-0.25, -0.2) is 19.0 Å². The standard InChI is InChI=1S/C17H18ClFN6O/c18-13-2-1-3-14(19)12(13)8-25-17-15(22-23-25)16(20-10-21-17)24-6-4-11(9-26)5-7-24/h1-3,10-11,26H,4-9H2. The first-order valence-electron chi connectivity index (χ1n) is 8.50. The molecule has 1 fully saturated rings. The summed E-state index contributed by atoms with van der Waals surface area (Å²) in [6, 6.07) is 4.58. The minimum atomic E-state index is -0.387. The van der Waals surface area contributed by atoms with Gasteiger partial charge in [0.05, 0.1) is 6.54 Å². The number of fused-ring (bicyclic) bond motifs is 1. The van der Waals surface area contributed by atoms with Crippen LogP contribution in [0.4, 0.5) is 10.2 Å². The SMILES string of the molecule is OCC1CCN(c2ncnc3c2nnn3Cc2c(F)cccc2Cl)CC1. The summed E-state index contributed by atoms with van der Waals surface area (Å²) in [4.78, 5) is 10.8. The summed E-state index contributed by atoms with van der Waals surface area (Å²) in [6.45, 7) is 1.95. The van der Waals surface area contributed by atoms with E-state index in [1.807, 2.05) is 0 Å². The number of rotatable bonds is 4. The zero-order chi connectivity index (χ0) is 18.1. The van der Waals surface area contributed by atoms with Gasteiger partial charge in [-0.1, -0.05) is 22.9 Å². The van der Waals surface area contributed by atoms with Gasteiger partial charge < -0.3 is 10.0 Å². The molecule has 0 atom stereocenters. The number of aliphatic hydroxyl groups is 1. The highest BCUT2D eigenvalue weighted by molar-refractivity contribution is 6.31. The van der Waals surface area contributed by atoms with Crippen molar-refractivity contribution in [3.8, 4) is 0 Å². The Bertz CT molecular complexity index is 905. The van der Waals surface area contributed by atoms with Gasteiger partial charge in [0, 0.05) is 30.3 Å². The normalized spacial score (nSPS) is 15.7. The van der Waals surface area contributed by atoms with E-state index in [1.54, 1.807) is 12.1 Å². The molecule has 0 spiro atoms. The summed E-state index contributed by atoms with van der Waals surface area (Å²) in [6.07, 6.45) is 3.28. The third-order valence-electron chi connectivity index (χ3n) is 4.82. The van der Waals surface area contributed by atoms with Crippen LogP contribution in [0.15, 0.2) is 24.5 Å². The molecule has 0 aliphatic carbocycles. The second kappa shape index (κ2) is 7.13. The van der Waals surface area contributed by atoms with Crippen molar-refractivity contribution in [1.29, 1.82) is 0 Å². The van der Waals surface area contributed by atoms with E-state index in [1.165, 1.54) is 17.1 Å². The van der Waals surface area contributed by atoms with E-state index in [9.17, 15) is 9.50 Å². The largest absolute Gasteiger partial charge is 0.396 e. The molecular weight excluding hydrogens is 359 g/mol. The van der Waals surface area contributed by atoms with E-state index in [4.69, 9.17) is 11.6 Å². The van der Waals surface area contributed by atoms with Gasteiger partial charge in [-0.3, -0.25) is 0 Å². The average molecular weight is 377 g/mol. The number of benzene rings is 1. The number of piperidine rings is 1. The molecule has 2 aromatic heterocycles. The lowest BCUT2D eigenvalue weighted by molar-refractivity contribution is 0.203. The fraction of sp³-hybridized carbons (Fsp3) is 0.412. The van der Waals surface area contributed by atoms with Crippen molar-refractivity contribution in [3.05, 3.63) is 40.9 Å². The molecule has 3 aromatic rings. The van der Waals surface area contributed by atoms with Gasteiger partial charge in [0.1, 0.15) is 12.1 Å². The summed E-state index contributed by atoms with van der Waals surface area (Å²) in [7, 11) is 0. The highest BCUT2D eigenvalue weighted by Gasteiger charge is 2.23. The number of aliphatic hydroxyl groups excluding tert-OH is 1. The first kappa shape index (κ1) is 17.1. The Morgan fingerprint density at radius 2 is 2.04 bits per heavy atom. The number of nitrogens with zero attached hydrogens (tertiary/aromatic N) is 6. The van der Waals surface area contributed by atoms with Crippen LogP contribution in [-0.4, -0.2) is 49.8 Å². The van der Waals surface area contributed by atoms with Crippen molar-refractivity contribution in [2.75, 3.05) is 24.6 Å². The van der Waals surface area contributed by atoms with Crippen molar-refractivity contribution in [1.82, 2.24) is 25.0 Å². The van der Waals surface area contributed by atoms with Crippen molar-refractivity contribution in [3.63, 3.8) is 0 Å². The molecule has 4 rings (SSSR count). The van der Waals surface area contributed by atoms with Crippen LogP contribution in [-0.2, 0) is 6.54 Å². The molecule has 136 valence electrons. The van der Waals surface area contributed by atoms with Crippen molar-refractivity contribution in [2.24, 2.45) is 5.92 Å². The molecule has 0 bridgehead atoms. The molecular formula is C17H18ClFN6O. The maximum absolute atomic E-state index is 14.1. The van der Waals surface area contributed by atoms with Crippen LogP contribution in [0.1, 0.15) is 18.4 Å². The molecule has 1 aliphatic heterocycles. The zero-order valence-corrected chi connectivity index (χ0v) is 14.8. The van der Waals surface area contributed by atoms with Gasteiger partial charge >= 0.3 is 0 Å². The lowest BCUT2D eigenvalue weighted by Gasteiger charge is -2.31. The van der Waals surface area contributed by atoms with Gasteiger partial charge in [0.25, 0.3) is 0 Å². The second-order valence-electron chi connectivity index (χ2n) is 6.43. The first-order valence-corrected chi connectivity index (χ1v) is 8.88. The fourth-order valence-electron chi connectivity index (χ4n) is 3.28. The molecule has 0 unspecified atom stereocenters. The summed E-state index contributed by atoms with van der Waals surface area (Å²) in [5, 5.41) is 18.0.